The Morgan fingerprint density at radius 2 is 2.15 bits per heavy atom. The van der Waals surface area contributed by atoms with Crippen molar-refractivity contribution in [1.82, 2.24) is 10.2 Å². The van der Waals surface area contributed by atoms with Crippen molar-refractivity contribution in [3.8, 4) is 5.75 Å². The molecule has 0 bridgehead atoms. The first-order valence-electron chi connectivity index (χ1n) is 7.38. The normalized spacial score (nSPS) is 16.2. The number of likely N-dealkylation sites (tertiary alicyclic amines) is 1. The number of carbonyl (C=O) groups is 1. The Hall–Kier alpha value is -1.55. The maximum Gasteiger partial charge on any atom is 0.253 e. The van der Waals surface area contributed by atoms with Crippen LogP contribution in [0.3, 0.4) is 0 Å². The van der Waals surface area contributed by atoms with Crippen LogP contribution in [0.15, 0.2) is 24.3 Å². The van der Waals surface area contributed by atoms with Gasteiger partial charge < -0.3 is 15.0 Å². The van der Waals surface area contributed by atoms with Crippen molar-refractivity contribution in [2.24, 2.45) is 5.92 Å². The fraction of sp³-hybridized carbons (Fsp3) is 0.562. The molecule has 0 aromatic heterocycles. The first kappa shape index (κ1) is 14.9. The topological polar surface area (TPSA) is 41.6 Å². The molecule has 0 radical (unpaired) electrons. The molecule has 1 fully saturated rings. The number of piperidine rings is 1. The summed E-state index contributed by atoms with van der Waals surface area (Å²) in [6, 6.07) is 7.39. The molecule has 0 unspecified atom stereocenters. The number of benzene rings is 1. The minimum absolute atomic E-state index is 0.116. The molecule has 0 aliphatic carbocycles. The SMILES string of the molecule is CCNCC1CCN(C(=O)c2cccc(OC)c2)CC1. The van der Waals surface area contributed by atoms with Crippen LogP contribution >= 0.6 is 0 Å². The third kappa shape index (κ3) is 3.73. The Morgan fingerprint density at radius 1 is 1.40 bits per heavy atom. The van der Waals surface area contributed by atoms with E-state index >= 15 is 0 Å². The van der Waals surface area contributed by atoms with Crippen LogP contribution in [-0.2, 0) is 0 Å². The first-order chi connectivity index (χ1) is 9.74. The molecular formula is C16H24N2O2. The zero-order valence-corrected chi connectivity index (χ0v) is 12.4. The zero-order valence-electron chi connectivity index (χ0n) is 12.4. The van der Waals surface area contributed by atoms with Gasteiger partial charge in [-0.3, -0.25) is 4.79 Å². The van der Waals surface area contributed by atoms with Gasteiger partial charge in [0.25, 0.3) is 5.91 Å². The van der Waals surface area contributed by atoms with E-state index in [1.165, 1.54) is 0 Å². The summed E-state index contributed by atoms with van der Waals surface area (Å²) >= 11 is 0. The van der Waals surface area contributed by atoms with Crippen molar-refractivity contribution in [2.75, 3.05) is 33.3 Å². The van der Waals surface area contributed by atoms with Crippen LogP contribution in [0, 0.1) is 5.92 Å². The van der Waals surface area contributed by atoms with Crippen molar-refractivity contribution in [3.63, 3.8) is 0 Å². The van der Waals surface area contributed by atoms with Crippen LogP contribution in [0.4, 0.5) is 0 Å². The van der Waals surface area contributed by atoms with E-state index in [-0.39, 0.29) is 5.91 Å². The highest BCUT2D eigenvalue weighted by molar-refractivity contribution is 5.94. The molecule has 2 rings (SSSR count). The molecule has 1 heterocycles. The summed E-state index contributed by atoms with van der Waals surface area (Å²) in [5, 5.41) is 3.39. The fourth-order valence-corrected chi connectivity index (χ4v) is 2.63. The van der Waals surface area contributed by atoms with Gasteiger partial charge >= 0.3 is 0 Å². The van der Waals surface area contributed by atoms with Gasteiger partial charge in [-0.2, -0.15) is 0 Å². The van der Waals surface area contributed by atoms with E-state index in [9.17, 15) is 4.79 Å². The average molecular weight is 276 g/mol. The summed E-state index contributed by atoms with van der Waals surface area (Å²) in [7, 11) is 1.62. The molecule has 20 heavy (non-hydrogen) atoms. The maximum atomic E-state index is 12.4. The summed E-state index contributed by atoms with van der Waals surface area (Å²) < 4.78 is 5.17. The minimum atomic E-state index is 0.116. The van der Waals surface area contributed by atoms with Crippen molar-refractivity contribution in [3.05, 3.63) is 29.8 Å². The lowest BCUT2D eigenvalue weighted by Crippen LogP contribution is -2.40. The van der Waals surface area contributed by atoms with Crippen LogP contribution in [-0.4, -0.2) is 44.1 Å². The third-order valence-corrected chi connectivity index (χ3v) is 3.90. The monoisotopic (exact) mass is 276 g/mol. The van der Waals surface area contributed by atoms with Gasteiger partial charge in [-0.1, -0.05) is 13.0 Å². The van der Waals surface area contributed by atoms with Gasteiger partial charge in [0.2, 0.25) is 0 Å². The molecule has 1 aromatic rings. The molecule has 110 valence electrons. The van der Waals surface area contributed by atoms with E-state index in [1.807, 2.05) is 29.2 Å². The summed E-state index contributed by atoms with van der Waals surface area (Å²) in [5.74, 6) is 1.55. The van der Waals surface area contributed by atoms with Crippen molar-refractivity contribution in [2.45, 2.75) is 19.8 Å². The van der Waals surface area contributed by atoms with Gasteiger partial charge in [-0.05, 0) is 50.0 Å². The Kier molecular flexibility index (Phi) is 5.41. The second-order valence-corrected chi connectivity index (χ2v) is 5.28. The number of nitrogens with zero attached hydrogens (tertiary/aromatic N) is 1. The highest BCUT2D eigenvalue weighted by atomic mass is 16.5. The molecule has 1 aliphatic rings. The molecule has 1 amide bonds. The van der Waals surface area contributed by atoms with E-state index < -0.39 is 0 Å². The summed E-state index contributed by atoms with van der Waals surface area (Å²) in [6.07, 6.45) is 2.17. The van der Waals surface area contributed by atoms with Gasteiger partial charge in [0.05, 0.1) is 7.11 Å². The van der Waals surface area contributed by atoms with Gasteiger partial charge in [0.1, 0.15) is 5.75 Å². The number of amides is 1. The number of carbonyl (C=O) groups excluding carboxylic acids is 1. The van der Waals surface area contributed by atoms with Gasteiger partial charge in [-0.15, -0.1) is 0 Å². The van der Waals surface area contributed by atoms with Gasteiger partial charge in [0.15, 0.2) is 0 Å². The molecule has 1 aromatic carbocycles. The summed E-state index contributed by atoms with van der Waals surface area (Å²) in [6.45, 7) is 5.92. The fourth-order valence-electron chi connectivity index (χ4n) is 2.63. The molecule has 0 atom stereocenters. The zero-order chi connectivity index (χ0) is 14.4. The standard InChI is InChI=1S/C16H24N2O2/c1-3-17-12-13-7-9-18(10-8-13)16(19)14-5-4-6-15(11-14)20-2/h4-6,11,13,17H,3,7-10,12H2,1-2H3. The second kappa shape index (κ2) is 7.29. The van der Waals surface area contributed by atoms with Crippen LogP contribution in [0.1, 0.15) is 30.1 Å². The maximum absolute atomic E-state index is 12.4. The van der Waals surface area contributed by atoms with Crippen molar-refractivity contribution in [1.29, 1.82) is 0 Å². The van der Waals surface area contributed by atoms with Crippen LogP contribution in [0.5, 0.6) is 5.75 Å². The van der Waals surface area contributed by atoms with E-state index in [2.05, 4.69) is 12.2 Å². The van der Waals surface area contributed by atoms with Gasteiger partial charge in [0, 0.05) is 18.7 Å². The number of hydrogen-bond donors (Lipinski definition) is 1. The quantitative estimate of drug-likeness (QED) is 0.896. The lowest BCUT2D eigenvalue weighted by molar-refractivity contribution is 0.0690. The lowest BCUT2D eigenvalue weighted by Gasteiger charge is -2.32. The smallest absolute Gasteiger partial charge is 0.253 e. The van der Waals surface area contributed by atoms with E-state index in [0.717, 1.165) is 50.3 Å². The Bertz CT molecular complexity index is 440. The third-order valence-electron chi connectivity index (χ3n) is 3.90. The minimum Gasteiger partial charge on any atom is -0.497 e. The summed E-state index contributed by atoms with van der Waals surface area (Å²) in [4.78, 5) is 14.4. The average Bonchev–Trinajstić information content (AvgIpc) is 2.52. The number of hydrogen-bond acceptors (Lipinski definition) is 3. The van der Waals surface area contributed by atoms with Crippen LogP contribution in [0.2, 0.25) is 0 Å². The Labute approximate surface area is 121 Å². The summed E-state index contributed by atoms with van der Waals surface area (Å²) in [5.41, 5.74) is 0.717. The first-order valence-corrected chi connectivity index (χ1v) is 7.38. The van der Waals surface area contributed by atoms with Crippen molar-refractivity contribution < 1.29 is 9.53 Å². The molecule has 0 saturated carbocycles. The van der Waals surface area contributed by atoms with Gasteiger partial charge in [-0.25, -0.2) is 0 Å². The second-order valence-electron chi connectivity index (χ2n) is 5.28. The number of ether oxygens (including phenoxy) is 1. The highest BCUT2D eigenvalue weighted by Gasteiger charge is 2.23. The molecule has 0 spiro atoms. The molecule has 1 aliphatic heterocycles. The molecule has 4 heteroatoms. The highest BCUT2D eigenvalue weighted by Crippen LogP contribution is 2.20. The van der Waals surface area contributed by atoms with E-state index in [4.69, 9.17) is 4.74 Å². The lowest BCUT2D eigenvalue weighted by atomic mass is 9.96. The molecule has 4 nitrogen and oxygen atoms in total. The Balaban J connectivity index is 1.91. The van der Waals surface area contributed by atoms with E-state index in [1.54, 1.807) is 7.11 Å². The number of methoxy groups -OCH3 is 1. The molecule has 1 saturated heterocycles. The largest absolute Gasteiger partial charge is 0.497 e. The predicted octanol–water partition coefficient (Wildman–Crippen LogP) is 2.16. The number of nitrogens with one attached hydrogen (secondary N) is 1. The van der Waals surface area contributed by atoms with E-state index in [0.29, 0.717) is 5.92 Å². The number of rotatable bonds is 5. The predicted molar refractivity (Wildman–Crippen MR) is 80.2 cm³/mol. The van der Waals surface area contributed by atoms with Crippen molar-refractivity contribution >= 4 is 5.91 Å². The molecule has 1 N–H and O–H groups in total. The van der Waals surface area contributed by atoms with Crippen LogP contribution in [0.25, 0.3) is 0 Å². The van der Waals surface area contributed by atoms with Crippen LogP contribution < -0.4 is 10.1 Å². The molecular weight excluding hydrogens is 252 g/mol. The Morgan fingerprint density at radius 3 is 2.80 bits per heavy atom.